The summed E-state index contributed by atoms with van der Waals surface area (Å²) in [5, 5.41) is 15.6. The van der Waals surface area contributed by atoms with Crippen molar-refractivity contribution >= 4 is 23.4 Å². The fraction of sp³-hybridized carbons (Fsp3) is 0.130. The van der Waals surface area contributed by atoms with Crippen molar-refractivity contribution in [1.29, 1.82) is 0 Å². The molecular weight excluding hydrogens is 421 g/mol. The summed E-state index contributed by atoms with van der Waals surface area (Å²) >= 11 is 7.54. The molecule has 2 heterocycles. The third kappa shape index (κ3) is 4.56. The van der Waals surface area contributed by atoms with E-state index in [2.05, 4.69) is 4.98 Å². The number of hydrogen-bond donors (Lipinski definition) is 1. The molecule has 1 N–H and O–H groups in total. The molecule has 30 heavy (non-hydrogen) atoms. The standard InChI is InChI=1S/C23H19ClFN3OS/c1-23(2,29)15-3-12-20(26-13-15)22-21(30-19-10-4-16(24)5-11-19)14-28(27-22)18-8-6-17(25)7-9-18/h3-14,29H,1-2H3. The number of nitrogens with zero attached hydrogens (tertiary/aromatic N) is 3. The van der Waals surface area contributed by atoms with E-state index < -0.39 is 5.60 Å². The van der Waals surface area contributed by atoms with Crippen LogP contribution in [0, 0.1) is 5.82 Å². The van der Waals surface area contributed by atoms with Gasteiger partial charge in [0.1, 0.15) is 11.5 Å². The molecule has 0 amide bonds. The minimum Gasteiger partial charge on any atom is -0.386 e. The number of aromatic nitrogens is 3. The van der Waals surface area contributed by atoms with Crippen LogP contribution < -0.4 is 0 Å². The molecule has 7 heteroatoms. The predicted octanol–water partition coefficient (Wildman–Crippen LogP) is 6.11. The Morgan fingerprint density at radius 1 is 1.00 bits per heavy atom. The van der Waals surface area contributed by atoms with Gasteiger partial charge in [0.05, 0.1) is 21.9 Å². The first kappa shape index (κ1) is 20.6. The Hall–Kier alpha value is -2.67. The normalized spacial score (nSPS) is 11.6. The second kappa shape index (κ2) is 8.22. The van der Waals surface area contributed by atoms with Crippen LogP contribution in [-0.2, 0) is 5.60 Å². The highest BCUT2D eigenvalue weighted by molar-refractivity contribution is 7.99. The molecule has 0 radical (unpaired) electrons. The van der Waals surface area contributed by atoms with Crippen LogP contribution in [0.4, 0.5) is 4.39 Å². The maximum Gasteiger partial charge on any atom is 0.125 e. The highest BCUT2D eigenvalue weighted by Gasteiger charge is 2.19. The lowest BCUT2D eigenvalue weighted by Crippen LogP contribution is -2.15. The molecule has 0 fully saturated rings. The average Bonchev–Trinajstić information content (AvgIpc) is 3.13. The zero-order valence-electron chi connectivity index (χ0n) is 16.4. The zero-order chi connectivity index (χ0) is 21.3. The molecule has 0 unspecified atom stereocenters. The molecule has 0 atom stereocenters. The minimum atomic E-state index is -0.972. The van der Waals surface area contributed by atoms with E-state index in [1.54, 1.807) is 48.6 Å². The van der Waals surface area contributed by atoms with Gasteiger partial charge in [0.15, 0.2) is 0 Å². The van der Waals surface area contributed by atoms with Crippen molar-refractivity contribution in [2.24, 2.45) is 0 Å². The van der Waals surface area contributed by atoms with Crippen LogP contribution >= 0.6 is 23.4 Å². The Bertz CT molecular complexity index is 1150. The van der Waals surface area contributed by atoms with E-state index in [1.807, 2.05) is 42.6 Å². The molecule has 152 valence electrons. The van der Waals surface area contributed by atoms with Gasteiger partial charge in [-0.3, -0.25) is 4.98 Å². The van der Waals surface area contributed by atoms with Gasteiger partial charge in [0, 0.05) is 27.9 Å². The summed E-state index contributed by atoms with van der Waals surface area (Å²) in [6.45, 7) is 3.43. The largest absolute Gasteiger partial charge is 0.386 e. The van der Waals surface area contributed by atoms with Gasteiger partial charge in [0.2, 0.25) is 0 Å². The molecule has 0 aliphatic carbocycles. The number of benzene rings is 2. The van der Waals surface area contributed by atoms with Crippen molar-refractivity contribution in [3.05, 3.63) is 89.5 Å². The molecule has 0 bridgehead atoms. The Kier molecular flexibility index (Phi) is 5.64. The van der Waals surface area contributed by atoms with Gasteiger partial charge < -0.3 is 5.11 Å². The van der Waals surface area contributed by atoms with Crippen molar-refractivity contribution in [2.75, 3.05) is 0 Å². The van der Waals surface area contributed by atoms with Crippen LogP contribution in [0.25, 0.3) is 17.1 Å². The molecule has 0 aliphatic rings. The van der Waals surface area contributed by atoms with E-state index in [0.717, 1.165) is 21.0 Å². The average molecular weight is 440 g/mol. The van der Waals surface area contributed by atoms with E-state index in [9.17, 15) is 9.50 Å². The van der Waals surface area contributed by atoms with Crippen molar-refractivity contribution in [1.82, 2.24) is 14.8 Å². The summed E-state index contributed by atoms with van der Waals surface area (Å²) in [5.41, 5.74) is 1.87. The maximum atomic E-state index is 13.3. The Morgan fingerprint density at radius 3 is 2.30 bits per heavy atom. The van der Waals surface area contributed by atoms with Crippen LogP contribution in [0.15, 0.2) is 82.8 Å². The van der Waals surface area contributed by atoms with Gasteiger partial charge in [-0.1, -0.05) is 29.4 Å². The number of aliphatic hydroxyl groups is 1. The number of hydrogen-bond acceptors (Lipinski definition) is 4. The lowest BCUT2D eigenvalue weighted by atomic mass is 10.0. The third-order valence-corrected chi connectivity index (χ3v) is 5.80. The summed E-state index contributed by atoms with van der Waals surface area (Å²) in [7, 11) is 0. The molecule has 4 aromatic rings. The van der Waals surface area contributed by atoms with E-state index in [4.69, 9.17) is 16.7 Å². The second-order valence-electron chi connectivity index (χ2n) is 7.31. The van der Waals surface area contributed by atoms with Gasteiger partial charge >= 0.3 is 0 Å². The summed E-state index contributed by atoms with van der Waals surface area (Å²) < 4.78 is 15.0. The molecule has 0 saturated carbocycles. The monoisotopic (exact) mass is 439 g/mol. The summed E-state index contributed by atoms with van der Waals surface area (Å²) in [5.74, 6) is -0.300. The fourth-order valence-electron chi connectivity index (χ4n) is 2.86. The molecule has 4 nitrogen and oxygen atoms in total. The number of pyridine rings is 1. The van der Waals surface area contributed by atoms with Crippen LogP contribution in [0.1, 0.15) is 19.4 Å². The van der Waals surface area contributed by atoms with Crippen LogP contribution in [-0.4, -0.2) is 19.9 Å². The molecule has 0 aliphatic heterocycles. The molecule has 0 saturated heterocycles. The van der Waals surface area contributed by atoms with Gasteiger partial charge in [-0.15, -0.1) is 0 Å². The summed E-state index contributed by atoms with van der Waals surface area (Å²) in [6, 6.07) is 17.4. The highest BCUT2D eigenvalue weighted by Crippen LogP contribution is 2.36. The number of rotatable bonds is 5. The maximum absolute atomic E-state index is 13.3. The Labute approximate surface area is 183 Å². The second-order valence-corrected chi connectivity index (χ2v) is 8.86. The van der Waals surface area contributed by atoms with E-state index >= 15 is 0 Å². The molecular formula is C23H19ClFN3OS. The quantitative estimate of drug-likeness (QED) is 0.408. The first-order valence-electron chi connectivity index (χ1n) is 9.28. The predicted molar refractivity (Wildman–Crippen MR) is 118 cm³/mol. The van der Waals surface area contributed by atoms with Crippen LogP contribution in [0.5, 0.6) is 0 Å². The SMILES string of the molecule is CC(C)(O)c1ccc(-c2nn(-c3ccc(F)cc3)cc2Sc2ccc(Cl)cc2)nc1. The fourth-order valence-corrected chi connectivity index (χ4v) is 3.91. The summed E-state index contributed by atoms with van der Waals surface area (Å²) in [6.07, 6.45) is 3.55. The first-order chi connectivity index (χ1) is 14.3. The van der Waals surface area contributed by atoms with E-state index in [-0.39, 0.29) is 5.82 Å². The van der Waals surface area contributed by atoms with Crippen molar-refractivity contribution in [3.63, 3.8) is 0 Å². The van der Waals surface area contributed by atoms with E-state index in [1.165, 1.54) is 12.1 Å². The lowest BCUT2D eigenvalue weighted by molar-refractivity contribution is 0.0782. The van der Waals surface area contributed by atoms with Gasteiger partial charge in [0.25, 0.3) is 0 Å². The number of halogens is 2. The molecule has 2 aromatic heterocycles. The van der Waals surface area contributed by atoms with Gasteiger partial charge in [-0.2, -0.15) is 5.10 Å². The zero-order valence-corrected chi connectivity index (χ0v) is 18.0. The Morgan fingerprint density at radius 2 is 1.70 bits per heavy atom. The smallest absolute Gasteiger partial charge is 0.125 e. The van der Waals surface area contributed by atoms with Crippen LogP contribution in [0.2, 0.25) is 5.02 Å². The van der Waals surface area contributed by atoms with Gasteiger partial charge in [-0.25, -0.2) is 9.07 Å². The summed E-state index contributed by atoms with van der Waals surface area (Å²) in [4.78, 5) is 6.42. The third-order valence-electron chi connectivity index (χ3n) is 4.53. The molecule has 2 aromatic carbocycles. The van der Waals surface area contributed by atoms with Crippen LogP contribution in [0.3, 0.4) is 0 Å². The van der Waals surface area contributed by atoms with Crippen molar-refractivity contribution < 1.29 is 9.50 Å². The van der Waals surface area contributed by atoms with Crippen molar-refractivity contribution in [3.8, 4) is 17.1 Å². The minimum absolute atomic E-state index is 0.300. The highest BCUT2D eigenvalue weighted by atomic mass is 35.5. The molecule has 0 spiro atoms. The van der Waals surface area contributed by atoms with Crippen molar-refractivity contribution in [2.45, 2.75) is 29.2 Å². The van der Waals surface area contributed by atoms with Gasteiger partial charge in [-0.05, 0) is 68.4 Å². The van der Waals surface area contributed by atoms with E-state index in [0.29, 0.717) is 16.4 Å². The Balaban J connectivity index is 1.76. The first-order valence-corrected chi connectivity index (χ1v) is 10.5. The molecule has 4 rings (SSSR count). The lowest BCUT2D eigenvalue weighted by Gasteiger charge is -2.17. The topological polar surface area (TPSA) is 50.9 Å².